The van der Waals surface area contributed by atoms with Crippen LogP contribution in [0.5, 0.6) is 0 Å². The quantitative estimate of drug-likeness (QED) is 0.472. The van der Waals surface area contributed by atoms with E-state index in [0.29, 0.717) is 5.39 Å². The van der Waals surface area contributed by atoms with E-state index in [2.05, 4.69) is 4.72 Å². The van der Waals surface area contributed by atoms with Gasteiger partial charge < -0.3 is 19.5 Å². The van der Waals surface area contributed by atoms with E-state index in [1.54, 1.807) is 18.2 Å². The van der Waals surface area contributed by atoms with Crippen molar-refractivity contribution in [2.45, 2.75) is 16.6 Å². The molecule has 2 aromatic rings. The Kier molecular flexibility index (Phi) is 5.32. The first-order valence-corrected chi connectivity index (χ1v) is 11.2. The van der Waals surface area contributed by atoms with E-state index in [4.69, 9.17) is 9.47 Å². The van der Waals surface area contributed by atoms with Crippen LogP contribution in [-0.4, -0.2) is 64.9 Å². The van der Waals surface area contributed by atoms with Crippen molar-refractivity contribution < 1.29 is 32.6 Å². The number of fused-ring (bicyclic) bond motifs is 3. The van der Waals surface area contributed by atoms with Crippen molar-refractivity contribution in [1.29, 1.82) is 0 Å². The van der Waals surface area contributed by atoms with Crippen LogP contribution in [0.4, 0.5) is 5.69 Å². The maximum Gasteiger partial charge on any atom is 0.337 e. The van der Waals surface area contributed by atoms with Crippen LogP contribution in [0.2, 0.25) is 0 Å². The molecule has 0 fully saturated rings. The molecule has 0 saturated carbocycles. The molecule has 2 bridgehead atoms. The van der Waals surface area contributed by atoms with Crippen molar-refractivity contribution in [3.63, 3.8) is 0 Å². The van der Waals surface area contributed by atoms with Gasteiger partial charge in [0, 0.05) is 37.1 Å². The highest BCUT2D eigenvalue weighted by Gasteiger charge is 2.54. The molecular formula is C22H22N2O7S. The zero-order chi connectivity index (χ0) is 23.3. The summed E-state index contributed by atoms with van der Waals surface area (Å²) in [6, 6.07) is 10.4. The normalized spacial score (nSPS) is 21.9. The van der Waals surface area contributed by atoms with E-state index >= 15 is 0 Å². The van der Waals surface area contributed by atoms with Crippen LogP contribution in [0.15, 0.2) is 64.6 Å². The lowest BCUT2D eigenvalue weighted by Gasteiger charge is -2.26. The van der Waals surface area contributed by atoms with Gasteiger partial charge >= 0.3 is 11.9 Å². The summed E-state index contributed by atoms with van der Waals surface area (Å²) in [6.07, 6.45) is 2.03. The fraction of sp³-hybridized carbons (Fsp3) is 0.273. The number of carboxylic acid groups (broad SMARTS) is 1. The Bertz CT molecular complexity index is 1300. The second-order valence-corrected chi connectivity index (χ2v) is 9.46. The van der Waals surface area contributed by atoms with Crippen LogP contribution < -0.4 is 9.62 Å². The average molecular weight is 458 g/mol. The second-order valence-electron chi connectivity index (χ2n) is 7.72. The number of anilines is 1. The average Bonchev–Trinajstić information content (AvgIpc) is 3.33. The summed E-state index contributed by atoms with van der Waals surface area (Å²) in [5.74, 6) is -2.20. The summed E-state index contributed by atoms with van der Waals surface area (Å²) in [7, 11) is 0.820. The lowest BCUT2D eigenvalue weighted by molar-refractivity contribution is -0.138. The number of rotatable bonds is 7. The summed E-state index contributed by atoms with van der Waals surface area (Å²) in [6.45, 7) is -0.368. The Hall–Kier alpha value is -3.21. The van der Waals surface area contributed by atoms with Gasteiger partial charge in [0.25, 0.3) is 0 Å². The number of aliphatic carboxylic acids is 1. The van der Waals surface area contributed by atoms with Gasteiger partial charge in [-0.25, -0.2) is 22.7 Å². The van der Waals surface area contributed by atoms with Gasteiger partial charge in [-0.2, -0.15) is 0 Å². The Balaban J connectivity index is 1.72. The smallest absolute Gasteiger partial charge is 0.337 e. The van der Waals surface area contributed by atoms with Gasteiger partial charge in [-0.3, -0.25) is 0 Å². The molecule has 0 radical (unpaired) electrons. The minimum atomic E-state index is -4.04. The molecule has 2 atom stereocenters. The van der Waals surface area contributed by atoms with Gasteiger partial charge in [0.05, 0.1) is 23.2 Å². The maximum atomic E-state index is 13.3. The fourth-order valence-corrected chi connectivity index (χ4v) is 5.47. The molecule has 2 aromatic carbocycles. The van der Waals surface area contributed by atoms with Crippen molar-refractivity contribution in [1.82, 2.24) is 4.72 Å². The van der Waals surface area contributed by atoms with Crippen molar-refractivity contribution in [3.05, 3.63) is 59.7 Å². The predicted octanol–water partition coefficient (Wildman–Crippen LogP) is 1.45. The zero-order valence-electron chi connectivity index (χ0n) is 17.7. The van der Waals surface area contributed by atoms with E-state index in [1.807, 2.05) is 31.1 Å². The number of sulfonamides is 1. The Morgan fingerprint density at radius 3 is 2.53 bits per heavy atom. The molecule has 2 aliphatic rings. The maximum absolute atomic E-state index is 13.3. The molecule has 0 spiro atoms. The number of nitrogens with zero attached hydrogens (tertiary/aromatic N) is 1. The van der Waals surface area contributed by atoms with E-state index in [1.165, 1.54) is 18.2 Å². The van der Waals surface area contributed by atoms with Crippen LogP contribution in [0.1, 0.15) is 0 Å². The van der Waals surface area contributed by atoms with Crippen molar-refractivity contribution in [3.8, 4) is 0 Å². The number of benzene rings is 2. The minimum absolute atomic E-state index is 0.0636. The zero-order valence-corrected chi connectivity index (χ0v) is 18.5. The van der Waals surface area contributed by atoms with E-state index in [-0.39, 0.29) is 22.6 Å². The van der Waals surface area contributed by atoms with Crippen LogP contribution in [-0.2, 0) is 29.1 Å². The third-order valence-corrected chi connectivity index (χ3v) is 7.09. The van der Waals surface area contributed by atoms with Gasteiger partial charge in [0.1, 0.15) is 11.7 Å². The first kappa shape index (κ1) is 22.0. The largest absolute Gasteiger partial charge is 0.478 e. The number of methoxy groups -OCH3 is 1. The minimum Gasteiger partial charge on any atom is -0.478 e. The van der Waals surface area contributed by atoms with Crippen LogP contribution >= 0.6 is 0 Å². The monoisotopic (exact) mass is 458 g/mol. The number of carboxylic acids is 1. The number of carbonyl (C=O) groups is 2. The standard InChI is InChI=1S/C22H22N2O7S/c1-24(2)15-8-4-7-14-13(15)6-5-9-17(14)32(28,29)23-12-22-11-10-16(31-22)18(20(25)26)19(22)21(27)30-3/h4-11,16,23H,12H2,1-3H3,(H,25,26). The first-order valence-electron chi connectivity index (χ1n) is 9.73. The van der Waals surface area contributed by atoms with E-state index < -0.39 is 33.7 Å². The molecule has 32 heavy (non-hydrogen) atoms. The highest BCUT2D eigenvalue weighted by atomic mass is 32.2. The highest BCUT2D eigenvalue weighted by molar-refractivity contribution is 7.89. The molecule has 4 rings (SSSR count). The van der Waals surface area contributed by atoms with E-state index in [0.717, 1.165) is 18.2 Å². The van der Waals surface area contributed by atoms with Crippen LogP contribution in [0, 0.1) is 0 Å². The predicted molar refractivity (Wildman–Crippen MR) is 117 cm³/mol. The molecule has 0 saturated heterocycles. The lowest BCUT2D eigenvalue weighted by atomic mass is 9.87. The topological polar surface area (TPSA) is 122 Å². The van der Waals surface area contributed by atoms with Crippen molar-refractivity contribution in [2.24, 2.45) is 0 Å². The molecule has 2 aliphatic heterocycles. The third kappa shape index (κ3) is 3.36. The van der Waals surface area contributed by atoms with Crippen molar-refractivity contribution >= 4 is 38.4 Å². The molecule has 10 heteroatoms. The molecule has 0 aromatic heterocycles. The van der Waals surface area contributed by atoms with Gasteiger partial charge in [-0.1, -0.05) is 30.3 Å². The molecule has 0 aliphatic carbocycles. The lowest BCUT2D eigenvalue weighted by Crippen LogP contribution is -2.44. The summed E-state index contributed by atoms with van der Waals surface area (Å²) in [4.78, 5) is 26.0. The van der Waals surface area contributed by atoms with Crippen molar-refractivity contribution in [2.75, 3.05) is 32.6 Å². The van der Waals surface area contributed by atoms with E-state index in [9.17, 15) is 23.1 Å². The fourth-order valence-electron chi connectivity index (χ4n) is 4.19. The molecular weight excluding hydrogens is 436 g/mol. The Morgan fingerprint density at radius 1 is 1.19 bits per heavy atom. The van der Waals surface area contributed by atoms with Crippen LogP contribution in [0.25, 0.3) is 10.8 Å². The van der Waals surface area contributed by atoms with Crippen LogP contribution in [0.3, 0.4) is 0 Å². The number of nitrogens with one attached hydrogen (secondary N) is 1. The Labute approximate surface area is 185 Å². The SMILES string of the molecule is COC(=O)C1=C(C(=O)O)C2C=CC1(CNS(=O)(=O)c1cccc3c(N(C)C)cccc13)O2. The highest BCUT2D eigenvalue weighted by Crippen LogP contribution is 2.43. The summed E-state index contributed by atoms with van der Waals surface area (Å²) in [5, 5.41) is 10.8. The van der Waals surface area contributed by atoms with Gasteiger partial charge in [-0.05, 0) is 18.2 Å². The number of esters is 1. The first-order chi connectivity index (χ1) is 15.1. The molecule has 168 valence electrons. The van der Waals surface area contributed by atoms with Gasteiger partial charge in [-0.15, -0.1) is 0 Å². The number of hydrogen-bond donors (Lipinski definition) is 2. The third-order valence-electron chi connectivity index (χ3n) is 5.63. The molecule has 2 unspecified atom stereocenters. The molecule has 9 nitrogen and oxygen atoms in total. The van der Waals surface area contributed by atoms with Gasteiger partial charge in [0.2, 0.25) is 10.0 Å². The number of ether oxygens (including phenoxy) is 2. The summed E-state index contributed by atoms with van der Waals surface area (Å²) in [5.41, 5.74) is -1.16. The summed E-state index contributed by atoms with van der Waals surface area (Å²) < 4.78 is 39.5. The van der Waals surface area contributed by atoms with Gasteiger partial charge in [0.15, 0.2) is 0 Å². The molecule has 2 heterocycles. The number of carbonyl (C=O) groups excluding carboxylic acids is 1. The second kappa shape index (κ2) is 7.73. The summed E-state index contributed by atoms with van der Waals surface area (Å²) >= 11 is 0. The molecule has 2 N–H and O–H groups in total. The number of hydrogen-bond acceptors (Lipinski definition) is 7. The molecule has 0 amide bonds. The Morgan fingerprint density at radius 2 is 1.88 bits per heavy atom.